The lowest BCUT2D eigenvalue weighted by Crippen LogP contribution is -2.34. The molecule has 0 saturated heterocycles. The Morgan fingerprint density at radius 2 is 1.43 bits per heavy atom. The molecule has 5 nitrogen and oxygen atoms in total. The molecule has 0 atom stereocenters. The van der Waals surface area contributed by atoms with Crippen molar-refractivity contribution in [3.8, 4) is 0 Å². The van der Waals surface area contributed by atoms with Crippen LogP contribution in [0, 0.1) is 13.8 Å². The van der Waals surface area contributed by atoms with Crippen molar-refractivity contribution < 1.29 is 13.2 Å². The number of benzene rings is 2. The Balaban J connectivity index is 2.44. The molecular formula is C17H20N2O3S. The SMILES string of the molecule is Cc1ccc(N(CCC(N)=O)S(=O)(=O)c2ccc(C)cc2)cc1. The van der Waals surface area contributed by atoms with E-state index < -0.39 is 15.9 Å². The summed E-state index contributed by atoms with van der Waals surface area (Å²) in [5.41, 5.74) is 7.70. The zero-order valence-electron chi connectivity index (χ0n) is 13.2. The molecule has 0 radical (unpaired) electrons. The number of carbonyl (C=O) groups excluding carboxylic acids is 1. The van der Waals surface area contributed by atoms with E-state index in [2.05, 4.69) is 0 Å². The second kappa shape index (κ2) is 6.83. The van der Waals surface area contributed by atoms with Crippen molar-refractivity contribution >= 4 is 21.6 Å². The number of hydrogen-bond donors (Lipinski definition) is 1. The summed E-state index contributed by atoms with van der Waals surface area (Å²) in [6, 6.07) is 13.7. The number of carbonyl (C=O) groups is 1. The molecule has 0 heterocycles. The van der Waals surface area contributed by atoms with Crippen molar-refractivity contribution in [3.05, 3.63) is 59.7 Å². The van der Waals surface area contributed by atoms with Gasteiger partial charge in [0, 0.05) is 13.0 Å². The van der Waals surface area contributed by atoms with Crippen molar-refractivity contribution in [1.82, 2.24) is 0 Å². The summed E-state index contributed by atoms with van der Waals surface area (Å²) in [4.78, 5) is 11.3. The first-order chi connectivity index (χ1) is 10.8. The summed E-state index contributed by atoms with van der Waals surface area (Å²) in [5.74, 6) is -0.541. The van der Waals surface area contributed by atoms with Gasteiger partial charge in [-0.2, -0.15) is 0 Å². The number of rotatable bonds is 6. The lowest BCUT2D eigenvalue weighted by atomic mass is 10.2. The van der Waals surface area contributed by atoms with Crippen LogP contribution in [0.1, 0.15) is 17.5 Å². The molecule has 2 aromatic carbocycles. The number of primary amides is 1. The van der Waals surface area contributed by atoms with E-state index >= 15 is 0 Å². The van der Waals surface area contributed by atoms with E-state index in [0.29, 0.717) is 5.69 Å². The zero-order chi connectivity index (χ0) is 17.0. The van der Waals surface area contributed by atoms with Gasteiger partial charge in [-0.05, 0) is 38.1 Å². The van der Waals surface area contributed by atoms with Crippen molar-refractivity contribution in [2.24, 2.45) is 5.73 Å². The van der Waals surface area contributed by atoms with Gasteiger partial charge in [-0.1, -0.05) is 35.4 Å². The van der Waals surface area contributed by atoms with Gasteiger partial charge in [0.2, 0.25) is 5.91 Å². The summed E-state index contributed by atoms with van der Waals surface area (Å²) in [6.45, 7) is 3.82. The van der Waals surface area contributed by atoms with Crippen molar-refractivity contribution in [2.45, 2.75) is 25.2 Å². The number of amides is 1. The average molecular weight is 332 g/mol. The minimum atomic E-state index is -3.75. The third-order valence-electron chi connectivity index (χ3n) is 3.49. The maximum Gasteiger partial charge on any atom is 0.264 e. The van der Waals surface area contributed by atoms with Gasteiger partial charge >= 0.3 is 0 Å². The van der Waals surface area contributed by atoms with E-state index in [9.17, 15) is 13.2 Å². The number of sulfonamides is 1. The number of nitrogens with two attached hydrogens (primary N) is 1. The van der Waals surface area contributed by atoms with Gasteiger partial charge in [-0.25, -0.2) is 8.42 Å². The molecule has 23 heavy (non-hydrogen) atoms. The summed E-state index contributed by atoms with van der Waals surface area (Å²) in [5, 5.41) is 0. The largest absolute Gasteiger partial charge is 0.370 e. The maximum atomic E-state index is 12.9. The van der Waals surface area contributed by atoms with Gasteiger partial charge in [0.15, 0.2) is 0 Å². The first-order valence-electron chi connectivity index (χ1n) is 7.25. The molecular weight excluding hydrogens is 312 g/mol. The molecule has 0 unspecified atom stereocenters. The fraction of sp³-hybridized carbons (Fsp3) is 0.235. The molecule has 2 N–H and O–H groups in total. The second-order valence-electron chi connectivity index (χ2n) is 5.44. The van der Waals surface area contributed by atoms with Crippen molar-refractivity contribution in [3.63, 3.8) is 0 Å². The Morgan fingerprint density at radius 1 is 0.957 bits per heavy atom. The van der Waals surface area contributed by atoms with Gasteiger partial charge in [0.05, 0.1) is 10.6 Å². The summed E-state index contributed by atoms with van der Waals surface area (Å²) in [7, 11) is -3.75. The van der Waals surface area contributed by atoms with E-state index in [1.165, 1.54) is 4.31 Å². The quantitative estimate of drug-likeness (QED) is 0.882. The first kappa shape index (κ1) is 17.0. The van der Waals surface area contributed by atoms with Gasteiger partial charge in [-0.15, -0.1) is 0 Å². The smallest absolute Gasteiger partial charge is 0.264 e. The number of anilines is 1. The van der Waals surface area contributed by atoms with E-state index in [4.69, 9.17) is 5.73 Å². The Labute approximate surface area is 136 Å². The Morgan fingerprint density at radius 3 is 1.91 bits per heavy atom. The molecule has 2 aromatic rings. The highest BCUT2D eigenvalue weighted by atomic mass is 32.2. The Hall–Kier alpha value is -2.34. The molecule has 0 spiro atoms. The third kappa shape index (κ3) is 4.10. The summed E-state index contributed by atoms with van der Waals surface area (Å²) < 4.78 is 27.1. The topological polar surface area (TPSA) is 80.5 Å². The monoisotopic (exact) mass is 332 g/mol. The van der Waals surface area contributed by atoms with Crippen LogP contribution in [0.4, 0.5) is 5.69 Å². The van der Waals surface area contributed by atoms with Crippen molar-refractivity contribution in [2.75, 3.05) is 10.8 Å². The highest BCUT2D eigenvalue weighted by Crippen LogP contribution is 2.24. The molecule has 2 rings (SSSR count). The molecule has 0 saturated carbocycles. The van der Waals surface area contributed by atoms with E-state index in [1.54, 1.807) is 36.4 Å². The molecule has 0 aliphatic heterocycles. The van der Waals surface area contributed by atoms with Crippen LogP contribution < -0.4 is 10.0 Å². The van der Waals surface area contributed by atoms with Gasteiger partial charge < -0.3 is 5.73 Å². The Bertz CT molecular complexity index is 782. The van der Waals surface area contributed by atoms with E-state index in [0.717, 1.165) is 11.1 Å². The van der Waals surface area contributed by atoms with Crippen LogP contribution in [-0.2, 0) is 14.8 Å². The van der Waals surface area contributed by atoms with Crippen LogP contribution in [0.15, 0.2) is 53.4 Å². The highest BCUT2D eigenvalue weighted by Gasteiger charge is 2.25. The minimum absolute atomic E-state index is 0.00854. The maximum absolute atomic E-state index is 12.9. The molecule has 122 valence electrons. The van der Waals surface area contributed by atoms with Crippen molar-refractivity contribution in [1.29, 1.82) is 0 Å². The summed E-state index contributed by atoms with van der Waals surface area (Å²) in [6.07, 6.45) is -0.0427. The normalized spacial score (nSPS) is 11.2. The fourth-order valence-corrected chi connectivity index (χ4v) is 3.61. The second-order valence-corrected chi connectivity index (χ2v) is 7.30. The highest BCUT2D eigenvalue weighted by molar-refractivity contribution is 7.92. The third-order valence-corrected chi connectivity index (χ3v) is 5.33. The van der Waals surface area contributed by atoms with Crippen LogP contribution >= 0.6 is 0 Å². The van der Waals surface area contributed by atoms with Gasteiger partial charge in [-0.3, -0.25) is 9.10 Å². The number of aryl methyl sites for hydroxylation is 2. The standard InChI is InChI=1S/C17H20N2O3S/c1-13-3-7-15(8-4-13)19(12-11-17(18)20)23(21,22)16-9-5-14(2)6-10-16/h3-10H,11-12H2,1-2H3,(H2,18,20). The zero-order valence-corrected chi connectivity index (χ0v) is 14.0. The molecule has 0 aliphatic rings. The van der Waals surface area contributed by atoms with Crippen LogP contribution in [0.5, 0.6) is 0 Å². The van der Waals surface area contributed by atoms with Gasteiger partial charge in [0.1, 0.15) is 0 Å². The lowest BCUT2D eigenvalue weighted by Gasteiger charge is -2.24. The van der Waals surface area contributed by atoms with Crippen LogP contribution in [0.3, 0.4) is 0 Å². The lowest BCUT2D eigenvalue weighted by molar-refractivity contribution is -0.117. The molecule has 1 amide bonds. The minimum Gasteiger partial charge on any atom is -0.370 e. The molecule has 0 bridgehead atoms. The molecule has 0 aromatic heterocycles. The predicted octanol–water partition coefficient (Wildman–Crippen LogP) is 2.37. The molecule has 0 fully saturated rings. The van der Waals surface area contributed by atoms with Crippen LogP contribution in [-0.4, -0.2) is 20.9 Å². The van der Waals surface area contributed by atoms with E-state index in [-0.39, 0.29) is 17.9 Å². The fourth-order valence-electron chi connectivity index (χ4n) is 2.15. The van der Waals surface area contributed by atoms with Crippen LogP contribution in [0.25, 0.3) is 0 Å². The average Bonchev–Trinajstić information content (AvgIpc) is 2.49. The first-order valence-corrected chi connectivity index (χ1v) is 8.69. The number of hydrogen-bond acceptors (Lipinski definition) is 3. The Kier molecular flexibility index (Phi) is 5.05. The van der Waals surface area contributed by atoms with E-state index in [1.807, 2.05) is 26.0 Å². The summed E-state index contributed by atoms with van der Waals surface area (Å²) >= 11 is 0. The molecule has 0 aliphatic carbocycles. The van der Waals surface area contributed by atoms with Gasteiger partial charge in [0.25, 0.3) is 10.0 Å². The van der Waals surface area contributed by atoms with Crippen LogP contribution in [0.2, 0.25) is 0 Å². The molecule has 6 heteroatoms. The number of nitrogens with zero attached hydrogens (tertiary/aromatic N) is 1. The predicted molar refractivity (Wildman–Crippen MR) is 90.7 cm³/mol.